The second-order valence-corrected chi connectivity index (χ2v) is 11.2. The van der Waals surface area contributed by atoms with Crippen LogP contribution >= 0.6 is 11.8 Å². The Bertz CT molecular complexity index is 961. The van der Waals surface area contributed by atoms with E-state index in [-0.39, 0.29) is 33.7 Å². The van der Waals surface area contributed by atoms with E-state index in [1.54, 1.807) is 28.8 Å². The number of amides is 2. The van der Waals surface area contributed by atoms with Crippen LogP contribution < -0.4 is 5.32 Å². The highest BCUT2D eigenvalue weighted by molar-refractivity contribution is 8.00. The standard InChI is InChI=1S/C25H31FN2O2S/c1-24(2,3)17-13-11-16(12-14-17)22(30)28-20(15-31-23(28)25(4,5)6)21(29)27-19-10-8-7-9-18(19)26/h7-14,20,23H,15H2,1-6H3,(H,27,29). The SMILES string of the molecule is CC(C)(C)c1ccc(C(=O)N2C(C(=O)Nc3ccccc3F)CSC2C(C)(C)C)cc1. The van der Waals surface area contributed by atoms with Gasteiger partial charge in [-0.2, -0.15) is 0 Å². The van der Waals surface area contributed by atoms with Crippen LogP contribution in [0.1, 0.15) is 57.5 Å². The van der Waals surface area contributed by atoms with Gasteiger partial charge < -0.3 is 10.2 Å². The molecular formula is C25H31FN2O2S. The van der Waals surface area contributed by atoms with E-state index in [2.05, 4.69) is 46.9 Å². The number of carbonyl (C=O) groups is 2. The molecule has 0 aliphatic carbocycles. The van der Waals surface area contributed by atoms with Crippen LogP contribution in [0.2, 0.25) is 0 Å². The molecule has 2 atom stereocenters. The lowest BCUT2D eigenvalue weighted by molar-refractivity contribution is -0.120. The fourth-order valence-corrected chi connectivity index (χ4v) is 5.24. The molecule has 1 aliphatic rings. The largest absolute Gasteiger partial charge is 0.322 e. The molecule has 4 nitrogen and oxygen atoms in total. The molecule has 2 aromatic rings. The summed E-state index contributed by atoms with van der Waals surface area (Å²) in [5.41, 5.74) is 1.58. The molecule has 6 heteroatoms. The third-order valence-electron chi connectivity index (χ3n) is 5.41. The van der Waals surface area contributed by atoms with E-state index in [0.717, 1.165) is 5.56 Å². The van der Waals surface area contributed by atoms with Crippen LogP contribution in [0.4, 0.5) is 10.1 Å². The molecule has 0 spiro atoms. The normalized spacial score (nSPS) is 19.4. The zero-order valence-electron chi connectivity index (χ0n) is 19.0. The predicted octanol–water partition coefficient (Wildman–Crippen LogP) is 5.69. The third-order valence-corrected chi connectivity index (χ3v) is 7.17. The number of para-hydroxylation sites is 1. The Hall–Kier alpha value is -2.34. The van der Waals surface area contributed by atoms with Gasteiger partial charge >= 0.3 is 0 Å². The van der Waals surface area contributed by atoms with Crippen molar-refractivity contribution in [3.05, 3.63) is 65.5 Å². The number of hydrogen-bond donors (Lipinski definition) is 1. The lowest BCUT2D eigenvalue weighted by Gasteiger charge is -2.36. The second-order valence-electron chi connectivity index (χ2n) is 10.1. The summed E-state index contributed by atoms with van der Waals surface area (Å²) in [6.07, 6.45) is 0. The molecule has 0 radical (unpaired) electrons. The van der Waals surface area contributed by atoms with Gasteiger partial charge in [-0.3, -0.25) is 9.59 Å². The van der Waals surface area contributed by atoms with E-state index in [9.17, 15) is 14.0 Å². The van der Waals surface area contributed by atoms with Gasteiger partial charge in [0.05, 0.1) is 11.1 Å². The third kappa shape index (κ3) is 5.12. The highest BCUT2D eigenvalue weighted by Crippen LogP contribution is 2.41. The van der Waals surface area contributed by atoms with Crippen LogP contribution in [0.3, 0.4) is 0 Å². The Balaban J connectivity index is 1.90. The van der Waals surface area contributed by atoms with Crippen molar-refractivity contribution in [3.8, 4) is 0 Å². The van der Waals surface area contributed by atoms with Gasteiger partial charge in [0.15, 0.2) is 0 Å². The number of anilines is 1. The number of halogens is 1. The Kier molecular flexibility index (Phi) is 6.51. The van der Waals surface area contributed by atoms with Crippen molar-refractivity contribution in [1.29, 1.82) is 0 Å². The van der Waals surface area contributed by atoms with Crippen molar-refractivity contribution in [2.24, 2.45) is 5.41 Å². The Morgan fingerprint density at radius 2 is 1.61 bits per heavy atom. The lowest BCUT2D eigenvalue weighted by Crippen LogP contribution is -2.51. The Morgan fingerprint density at radius 3 is 2.16 bits per heavy atom. The van der Waals surface area contributed by atoms with E-state index < -0.39 is 11.9 Å². The summed E-state index contributed by atoms with van der Waals surface area (Å²) in [5.74, 6) is -0.582. The topological polar surface area (TPSA) is 49.4 Å². The first-order valence-electron chi connectivity index (χ1n) is 10.5. The molecule has 1 N–H and O–H groups in total. The molecule has 3 rings (SSSR count). The molecule has 1 heterocycles. The number of nitrogens with one attached hydrogen (secondary N) is 1. The van der Waals surface area contributed by atoms with Crippen LogP contribution in [-0.4, -0.2) is 33.9 Å². The van der Waals surface area contributed by atoms with Gasteiger partial charge in [0, 0.05) is 11.3 Å². The maximum Gasteiger partial charge on any atom is 0.255 e. The lowest BCUT2D eigenvalue weighted by atomic mass is 9.86. The summed E-state index contributed by atoms with van der Waals surface area (Å²) >= 11 is 1.59. The first-order chi connectivity index (χ1) is 14.4. The summed E-state index contributed by atoms with van der Waals surface area (Å²) in [5, 5.41) is 2.50. The minimum Gasteiger partial charge on any atom is -0.322 e. The van der Waals surface area contributed by atoms with E-state index in [1.165, 1.54) is 12.1 Å². The highest BCUT2D eigenvalue weighted by atomic mass is 32.2. The molecular weight excluding hydrogens is 411 g/mol. The average molecular weight is 443 g/mol. The summed E-state index contributed by atoms with van der Waals surface area (Å²) in [6.45, 7) is 12.6. The smallest absolute Gasteiger partial charge is 0.255 e. The van der Waals surface area contributed by atoms with Crippen molar-refractivity contribution in [2.45, 2.75) is 58.4 Å². The minimum absolute atomic E-state index is 0.0127. The molecule has 31 heavy (non-hydrogen) atoms. The molecule has 1 saturated heterocycles. The van der Waals surface area contributed by atoms with Gasteiger partial charge in [-0.25, -0.2) is 4.39 Å². The average Bonchev–Trinajstić information content (AvgIpc) is 3.14. The molecule has 1 fully saturated rings. The fourth-order valence-electron chi connectivity index (χ4n) is 3.66. The predicted molar refractivity (Wildman–Crippen MR) is 126 cm³/mol. The first kappa shape index (κ1) is 23.3. The van der Waals surface area contributed by atoms with Gasteiger partial charge in [0.2, 0.25) is 5.91 Å². The summed E-state index contributed by atoms with van der Waals surface area (Å²) in [4.78, 5) is 28.3. The molecule has 0 saturated carbocycles. The number of nitrogens with zero attached hydrogens (tertiary/aromatic N) is 1. The quantitative estimate of drug-likeness (QED) is 0.664. The number of rotatable bonds is 3. The summed E-state index contributed by atoms with van der Waals surface area (Å²) < 4.78 is 14.1. The zero-order chi connectivity index (χ0) is 23.0. The number of thioether (sulfide) groups is 1. The van der Waals surface area contributed by atoms with Crippen LogP contribution in [0, 0.1) is 11.2 Å². The molecule has 0 bridgehead atoms. The number of hydrogen-bond acceptors (Lipinski definition) is 3. The van der Waals surface area contributed by atoms with Crippen molar-refractivity contribution in [3.63, 3.8) is 0 Å². The monoisotopic (exact) mass is 442 g/mol. The summed E-state index contributed by atoms with van der Waals surface area (Å²) in [6, 6.07) is 13.0. The van der Waals surface area contributed by atoms with Crippen molar-refractivity contribution in [2.75, 3.05) is 11.1 Å². The van der Waals surface area contributed by atoms with Gasteiger partial charge in [0.1, 0.15) is 11.9 Å². The van der Waals surface area contributed by atoms with Gasteiger partial charge in [0.25, 0.3) is 5.91 Å². The van der Waals surface area contributed by atoms with Gasteiger partial charge in [-0.05, 0) is 40.7 Å². The molecule has 0 aromatic heterocycles. The molecule has 2 aromatic carbocycles. The van der Waals surface area contributed by atoms with Crippen molar-refractivity contribution < 1.29 is 14.0 Å². The summed E-state index contributed by atoms with van der Waals surface area (Å²) in [7, 11) is 0. The zero-order valence-corrected chi connectivity index (χ0v) is 19.8. The highest BCUT2D eigenvalue weighted by Gasteiger charge is 2.46. The van der Waals surface area contributed by atoms with Crippen LogP contribution in [0.25, 0.3) is 0 Å². The molecule has 1 aliphatic heterocycles. The molecule has 166 valence electrons. The van der Waals surface area contributed by atoms with Crippen LogP contribution in [-0.2, 0) is 10.2 Å². The van der Waals surface area contributed by atoms with Gasteiger partial charge in [-0.15, -0.1) is 11.8 Å². The fraction of sp³-hybridized carbons (Fsp3) is 0.440. The molecule has 2 unspecified atom stereocenters. The van der Waals surface area contributed by atoms with Crippen LogP contribution in [0.5, 0.6) is 0 Å². The number of benzene rings is 2. The maximum absolute atomic E-state index is 14.1. The first-order valence-corrected chi connectivity index (χ1v) is 11.5. The van der Waals surface area contributed by atoms with Gasteiger partial charge in [-0.1, -0.05) is 65.8 Å². The van der Waals surface area contributed by atoms with E-state index in [4.69, 9.17) is 0 Å². The second kappa shape index (κ2) is 8.65. The van der Waals surface area contributed by atoms with Crippen molar-refractivity contribution >= 4 is 29.3 Å². The Labute approximate surface area is 188 Å². The maximum atomic E-state index is 14.1. The van der Waals surface area contributed by atoms with E-state index >= 15 is 0 Å². The Morgan fingerprint density at radius 1 is 1.00 bits per heavy atom. The molecule has 2 amide bonds. The van der Waals surface area contributed by atoms with Crippen molar-refractivity contribution in [1.82, 2.24) is 4.90 Å². The number of carbonyl (C=O) groups excluding carboxylic acids is 2. The van der Waals surface area contributed by atoms with E-state index in [0.29, 0.717) is 11.3 Å². The van der Waals surface area contributed by atoms with Crippen LogP contribution in [0.15, 0.2) is 48.5 Å². The minimum atomic E-state index is -0.677. The van der Waals surface area contributed by atoms with E-state index in [1.807, 2.05) is 24.3 Å².